The Hall–Kier alpha value is -2.48. The third kappa shape index (κ3) is 3.16. The monoisotopic (exact) mass is 283 g/mol. The zero-order chi connectivity index (χ0) is 15.4. The van der Waals surface area contributed by atoms with Crippen molar-refractivity contribution < 1.29 is 0 Å². The van der Waals surface area contributed by atoms with Gasteiger partial charge in [0.25, 0.3) is 0 Å². The van der Waals surface area contributed by atoms with Crippen molar-refractivity contribution in [1.29, 1.82) is 5.26 Å². The van der Waals surface area contributed by atoms with Crippen LogP contribution in [0.2, 0.25) is 0 Å². The van der Waals surface area contributed by atoms with Crippen LogP contribution in [0.15, 0.2) is 24.3 Å². The topological polar surface area (TPSA) is 70.9 Å². The third-order valence-electron chi connectivity index (χ3n) is 3.45. The second-order valence-electron chi connectivity index (χ2n) is 5.18. The van der Waals surface area contributed by atoms with E-state index in [0.29, 0.717) is 5.56 Å². The van der Waals surface area contributed by atoms with Crippen molar-refractivity contribution in [3.05, 3.63) is 41.1 Å². The van der Waals surface area contributed by atoms with E-state index < -0.39 is 0 Å². The van der Waals surface area contributed by atoms with E-state index >= 15 is 0 Å². The van der Waals surface area contributed by atoms with Crippen LogP contribution in [0.25, 0.3) is 0 Å². The van der Waals surface area contributed by atoms with Gasteiger partial charge in [-0.25, -0.2) is 0 Å². The number of hydrogen-bond donors (Lipinski definition) is 1. The van der Waals surface area contributed by atoms with Gasteiger partial charge in [-0.3, -0.25) is 4.68 Å². The Morgan fingerprint density at radius 3 is 2.57 bits per heavy atom. The van der Waals surface area contributed by atoms with Crippen LogP contribution in [0, 0.1) is 18.3 Å². The molecule has 2 rings (SSSR count). The number of rotatable bonds is 5. The van der Waals surface area contributed by atoms with Crippen molar-refractivity contribution in [2.75, 3.05) is 17.2 Å². The molecule has 0 spiro atoms. The maximum atomic E-state index is 9.39. The van der Waals surface area contributed by atoms with Gasteiger partial charge in [-0.1, -0.05) is 19.1 Å². The van der Waals surface area contributed by atoms with Gasteiger partial charge in [0.15, 0.2) is 0 Å². The number of anilines is 2. The normalized spacial score (nSPS) is 10.4. The summed E-state index contributed by atoms with van der Waals surface area (Å²) in [7, 11) is 1.88. The summed E-state index contributed by atoms with van der Waals surface area (Å²) in [5, 5.41) is 13.8. The van der Waals surface area contributed by atoms with E-state index in [1.54, 1.807) is 4.68 Å². The second kappa shape index (κ2) is 6.31. The Labute approximate surface area is 125 Å². The maximum Gasteiger partial charge on any atom is 0.145 e. The third-order valence-corrected chi connectivity index (χ3v) is 3.45. The summed E-state index contributed by atoms with van der Waals surface area (Å²) in [5.74, 6) is 0.883. The van der Waals surface area contributed by atoms with Gasteiger partial charge in [-0.15, -0.1) is 0 Å². The number of aromatic nitrogens is 2. The molecule has 2 aromatic rings. The maximum absolute atomic E-state index is 9.39. The minimum Gasteiger partial charge on any atom is -0.399 e. The molecule has 0 atom stereocenters. The van der Waals surface area contributed by atoms with Crippen LogP contribution >= 0.6 is 0 Å². The molecule has 1 heterocycles. The molecular weight excluding hydrogens is 262 g/mol. The predicted molar refractivity (Wildman–Crippen MR) is 84.9 cm³/mol. The van der Waals surface area contributed by atoms with Gasteiger partial charge in [0.1, 0.15) is 17.5 Å². The Kier molecular flexibility index (Phi) is 4.49. The summed E-state index contributed by atoms with van der Waals surface area (Å²) in [6, 6.07) is 10.1. The van der Waals surface area contributed by atoms with Crippen LogP contribution in [0.3, 0.4) is 0 Å². The first kappa shape index (κ1) is 14.9. The standard InChI is InChI=1S/C16H21N5/c1-4-9-21(11-13-5-7-14(18)8-6-13)16-15(10-17)12(2)19-20(16)3/h5-8H,4,9,11,18H2,1-3H3. The fraction of sp³-hybridized carbons (Fsp3) is 0.375. The zero-order valence-electron chi connectivity index (χ0n) is 12.8. The summed E-state index contributed by atoms with van der Waals surface area (Å²) in [5.41, 5.74) is 9.08. The van der Waals surface area contributed by atoms with Gasteiger partial charge in [0, 0.05) is 25.8 Å². The van der Waals surface area contributed by atoms with Crippen LogP contribution < -0.4 is 10.6 Å². The molecule has 0 saturated carbocycles. The van der Waals surface area contributed by atoms with Crippen molar-refractivity contribution in [3.63, 3.8) is 0 Å². The number of aryl methyl sites for hydroxylation is 2. The minimum absolute atomic E-state index is 0.654. The highest BCUT2D eigenvalue weighted by Crippen LogP contribution is 2.24. The Bertz CT molecular complexity index is 649. The molecule has 0 unspecified atom stereocenters. The van der Waals surface area contributed by atoms with Crippen LogP contribution in [-0.4, -0.2) is 16.3 Å². The number of hydrogen-bond acceptors (Lipinski definition) is 4. The molecule has 2 N–H and O–H groups in total. The van der Waals surface area contributed by atoms with Crippen molar-refractivity contribution >= 4 is 11.5 Å². The predicted octanol–water partition coefficient (Wildman–Crippen LogP) is 2.60. The fourth-order valence-electron chi connectivity index (χ4n) is 2.51. The lowest BCUT2D eigenvalue weighted by atomic mass is 10.1. The van der Waals surface area contributed by atoms with Gasteiger partial charge in [-0.2, -0.15) is 10.4 Å². The summed E-state index contributed by atoms with van der Waals surface area (Å²) < 4.78 is 1.79. The average molecular weight is 283 g/mol. The van der Waals surface area contributed by atoms with E-state index in [9.17, 15) is 5.26 Å². The molecule has 5 heteroatoms. The van der Waals surface area contributed by atoms with E-state index in [4.69, 9.17) is 5.73 Å². The first-order valence-corrected chi connectivity index (χ1v) is 7.09. The van der Waals surface area contributed by atoms with Gasteiger partial charge < -0.3 is 10.6 Å². The van der Waals surface area contributed by atoms with Gasteiger partial charge in [0.05, 0.1) is 5.69 Å². The minimum atomic E-state index is 0.654. The molecule has 0 saturated heterocycles. The molecule has 0 amide bonds. The van der Waals surface area contributed by atoms with E-state index in [2.05, 4.69) is 23.0 Å². The lowest BCUT2D eigenvalue weighted by Crippen LogP contribution is -2.26. The van der Waals surface area contributed by atoms with Crippen molar-refractivity contribution in [2.24, 2.45) is 7.05 Å². The molecule has 1 aromatic carbocycles. The van der Waals surface area contributed by atoms with Crippen LogP contribution in [-0.2, 0) is 13.6 Å². The highest BCUT2D eigenvalue weighted by Gasteiger charge is 2.19. The second-order valence-corrected chi connectivity index (χ2v) is 5.18. The summed E-state index contributed by atoms with van der Waals surface area (Å²) >= 11 is 0. The molecule has 0 aliphatic heterocycles. The first-order chi connectivity index (χ1) is 10.1. The molecule has 0 fully saturated rings. The van der Waals surface area contributed by atoms with Crippen molar-refractivity contribution in [2.45, 2.75) is 26.8 Å². The summed E-state index contributed by atoms with van der Waals surface area (Å²) in [4.78, 5) is 2.20. The molecule has 0 radical (unpaired) electrons. The average Bonchev–Trinajstić information content (AvgIpc) is 2.74. The molecule has 0 aliphatic rings. The van der Waals surface area contributed by atoms with E-state index in [1.807, 2.05) is 38.2 Å². The Morgan fingerprint density at radius 1 is 1.33 bits per heavy atom. The largest absolute Gasteiger partial charge is 0.399 e. The quantitative estimate of drug-likeness (QED) is 0.856. The number of nitrogen functional groups attached to an aromatic ring is 1. The van der Waals surface area contributed by atoms with Gasteiger partial charge in [0.2, 0.25) is 0 Å². The molecule has 1 aromatic heterocycles. The van der Waals surface area contributed by atoms with E-state index in [0.717, 1.165) is 36.7 Å². The van der Waals surface area contributed by atoms with Crippen LogP contribution in [0.4, 0.5) is 11.5 Å². The summed E-state index contributed by atoms with van der Waals surface area (Å²) in [6.45, 7) is 5.61. The Morgan fingerprint density at radius 2 is 2.00 bits per heavy atom. The number of nitrogens with zero attached hydrogens (tertiary/aromatic N) is 4. The highest BCUT2D eigenvalue weighted by atomic mass is 15.4. The molecule has 5 nitrogen and oxygen atoms in total. The van der Waals surface area contributed by atoms with E-state index in [1.165, 1.54) is 5.56 Å². The molecule has 0 bridgehead atoms. The number of benzene rings is 1. The number of nitriles is 1. The van der Waals surface area contributed by atoms with Gasteiger partial charge >= 0.3 is 0 Å². The van der Waals surface area contributed by atoms with E-state index in [-0.39, 0.29) is 0 Å². The summed E-state index contributed by atoms with van der Waals surface area (Å²) in [6.07, 6.45) is 1.00. The fourth-order valence-corrected chi connectivity index (χ4v) is 2.51. The lowest BCUT2D eigenvalue weighted by molar-refractivity contribution is 0.685. The first-order valence-electron chi connectivity index (χ1n) is 7.09. The molecule has 0 aliphatic carbocycles. The smallest absolute Gasteiger partial charge is 0.145 e. The Balaban J connectivity index is 2.35. The molecule has 110 valence electrons. The van der Waals surface area contributed by atoms with Crippen LogP contribution in [0.1, 0.15) is 30.2 Å². The highest BCUT2D eigenvalue weighted by molar-refractivity contribution is 5.57. The lowest BCUT2D eigenvalue weighted by Gasteiger charge is -2.24. The van der Waals surface area contributed by atoms with Crippen molar-refractivity contribution in [1.82, 2.24) is 9.78 Å². The zero-order valence-corrected chi connectivity index (χ0v) is 12.8. The molecule has 21 heavy (non-hydrogen) atoms. The SMILES string of the molecule is CCCN(Cc1ccc(N)cc1)c1c(C#N)c(C)nn1C. The number of nitrogens with two attached hydrogens (primary N) is 1. The van der Waals surface area contributed by atoms with Gasteiger partial charge in [-0.05, 0) is 31.0 Å². The van der Waals surface area contributed by atoms with Crippen molar-refractivity contribution in [3.8, 4) is 6.07 Å². The van der Waals surface area contributed by atoms with Crippen LogP contribution in [0.5, 0.6) is 0 Å². The molecular formula is C16H21N5.